The molecular formula is C24H26FN5O6S. The number of primary amides is 1. The number of carbonyl (C=O) groups excluding carboxylic acids is 3. The minimum absolute atomic E-state index is 0.122. The van der Waals surface area contributed by atoms with Crippen LogP contribution in [0.15, 0.2) is 42.5 Å². The summed E-state index contributed by atoms with van der Waals surface area (Å²) in [6, 6.07) is 8.44. The third-order valence-corrected chi connectivity index (χ3v) is 6.17. The Morgan fingerprint density at radius 1 is 1.11 bits per heavy atom. The van der Waals surface area contributed by atoms with E-state index < -0.39 is 29.6 Å². The van der Waals surface area contributed by atoms with Crippen molar-refractivity contribution in [2.45, 2.75) is 6.04 Å². The van der Waals surface area contributed by atoms with Crippen LogP contribution in [0.25, 0.3) is 0 Å². The molecule has 2 aromatic carbocycles. The van der Waals surface area contributed by atoms with Crippen molar-refractivity contribution in [3.05, 3.63) is 64.4 Å². The second-order valence-electron chi connectivity index (χ2n) is 7.59. The number of methoxy groups -OCH3 is 3. The van der Waals surface area contributed by atoms with Crippen LogP contribution in [-0.4, -0.2) is 56.6 Å². The van der Waals surface area contributed by atoms with Crippen molar-refractivity contribution in [1.29, 1.82) is 0 Å². The van der Waals surface area contributed by atoms with Crippen LogP contribution < -0.4 is 31.2 Å². The van der Waals surface area contributed by atoms with Gasteiger partial charge in [0.2, 0.25) is 5.91 Å². The van der Waals surface area contributed by atoms with E-state index in [2.05, 4.69) is 9.69 Å². The van der Waals surface area contributed by atoms with Crippen molar-refractivity contribution in [2.75, 3.05) is 45.1 Å². The van der Waals surface area contributed by atoms with Crippen molar-refractivity contribution >= 4 is 40.6 Å². The molecule has 3 aromatic rings. The minimum atomic E-state index is -1.31. The number of hydrogen-bond acceptors (Lipinski definition) is 9. The van der Waals surface area contributed by atoms with Gasteiger partial charge in [-0.1, -0.05) is 12.1 Å². The number of halogens is 1. The number of nitrogens with two attached hydrogens (primary N) is 2. The molecule has 3 amide bonds. The largest absolute Gasteiger partial charge is 0.497 e. The molecule has 11 nitrogen and oxygen atoms in total. The van der Waals surface area contributed by atoms with Gasteiger partial charge in [-0.3, -0.25) is 19.3 Å². The van der Waals surface area contributed by atoms with Crippen molar-refractivity contribution < 1.29 is 33.0 Å². The number of amides is 3. The number of carbonyl (C=O) groups is 3. The molecule has 0 fully saturated rings. The van der Waals surface area contributed by atoms with Gasteiger partial charge in [-0.15, -0.1) is 0 Å². The van der Waals surface area contributed by atoms with Gasteiger partial charge in [0, 0.05) is 19.7 Å². The molecule has 37 heavy (non-hydrogen) atoms. The standard InChI is InChI=1S/C24H26FN5O6S/c1-34-11-10-28-23(32)20(13-4-6-14(25)7-5-13)30(16-9-8-15(35-2)12-17(16)36-3)24(33)21-18(26)19(22(27)31)29-37-21/h4-9,12,20H,10-11,26H2,1-3H3,(H2,27,31)(H,28,32). The van der Waals surface area contributed by atoms with E-state index >= 15 is 0 Å². The van der Waals surface area contributed by atoms with Gasteiger partial charge in [0.15, 0.2) is 5.69 Å². The summed E-state index contributed by atoms with van der Waals surface area (Å²) in [6.07, 6.45) is 0. The predicted octanol–water partition coefficient (Wildman–Crippen LogP) is 2.13. The Bertz CT molecular complexity index is 1280. The number of ether oxygens (including phenoxy) is 3. The maximum Gasteiger partial charge on any atom is 0.273 e. The summed E-state index contributed by atoms with van der Waals surface area (Å²) in [5.74, 6) is -2.16. The Hall–Kier alpha value is -4.23. The second kappa shape index (κ2) is 12.1. The second-order valence-corrected chi connectivity index (χ2v) is 8.36. The van der Waals surface area contributed by atoms with Crippen molar-refractivity contribution in [2.24, 2.45) is 5.73 Å². The molecule has 0 radical (unpaired) electrons. The number of aromatic nitrogens is 1. The zero-order chi connectivity index (χ0) is 27.1. The molecule has 196 valence electrons. The van der Waals surface area contributed by atoms with Gasteiger partial charge in [-0.2, -0.15) is 4.37 Å². The Morgan fingerprint density at radius 2 is 1.81 bits per heavy atom. The van der Waals surface area contributed by atoms with Crippen molar-refractivity contribution in [1.82, 2.24) is 9.69 Å². The number of benzene rings is 2. The third kappa shape index (κ3) is 5.95. The van der Waals surface area contributed by atoms with E-state index in [1.54, 1.807) is 6.07 Å². The fourth-order valence-electron chi connectivity index (χ4n) is 3.52. The smallest absolute Gasteiger partial charge is 0.273 e. The summed E-state index contributed by atoms with van der Waals surface area (Å²) < 4.78 is 33.5. The Morgan fingerprint density at radius 3 is 2.38 bits per heavy atom. The molecule has 1 unspecified atom stereocenters. The lowest BCUT2D eigenvalue weighted by molar-refractivity contribution is -0.122. The molecule has 13 heteroatoms. The first-order chi connectivity index (χ1) is 17.7. The zero-order valence-electron chi connectivity index (χ0n) is 20.3. The average Bonchev–Trinajstić information content (AvgIpc) is 3.28. The molecule has 0 saturated carbocycles. The summed E-state index contributed by atoms with van der Waals surface area (Å²) in [6.45, 7) is 0.356. The van der Waals surface area contributed by atoms with Crippen molar-refractivity contribution in [3.63, 3.8) is 0 Å². The number of nitrogens with one attached hydrogen (secondary N) is 1. The maximum absolute atomic E-state index is 14.0. The highest BCUT2D eigenvalue weighted by atomic mass is 32.1. The molecule has 0 saturated heterocycles. The molecule has 0 aliphatic heterocycles. The SMILES string of the molecule is COCCNC(=O)C(c1ccc(F)cc1)N(C(=O)c1snc(C(N)=O)c1N)c1ccc(OC)cc1OC. The van der Waals surface area contributed by atoms with Crippen LogP contribution in [0.1, 0.15) is 31.8 Å². The van der Waals surface area contributed by atoms with E-state index in [0.29, 0.717) is 22.8 Å². The van der Waals surface area contributed by atoms with Gasteiger partial charge in [0.25, 0.3) is 11.8 Å². The zero-order valence-corrected chi connectivity index (χ0v) is 21.1. The molecular weight excluding hydrogens is 505 g/mol. The summed E-state index contributed by atoms with van der Waals surface area (Å²) in [4.78, 5) is 40.3. The molecule has 1 atom stereocenters. The molecule has 1 heterocycles. The van der Waals surface area contributed by atoms with Gasteiger partial charge in [-0.05, 0) is 41.4 Å². The number of anilines is 2. The molecule has 0 spiro atoms. The maximum atomic E-state index is 14.0. The third-order valence-electron chi connectivity index (χ3n) is 5.32. The quantitative estimate of drug-likeness (QED) is 0.317. The number of hydrogen-bond donors (Lipinski definition) is 3. The summed E-state index contributed by atoms with van der Waals surface area (Å²) in [5, 5.41) is 2.72. The molecule has 0 aliphatic carbocycles. The minimum Gasteiger partial charge on any atom is -0.497 e. The highest BCUT2D eigenvalue weighted by Gasteiger charge is 2.37. The lowest BCUT2D eigenvalue weighted by atomic mass is 10.0. The highest BCUT2D eigenvalue weighted by molar-refractivity contribution is 7.09. The number of rotatable bonds is 11. The van der Waals surface area contributed by atoms with E-state index in [4.69, 9.17) is 25.7 Å². The topological polar surface area (TPSA) is 159 Å². The van der Waals surface area contributed by atoms with Crippen LogP contribution in [-0.2, 0) is 9.53 Å². The summed E-state index contributed by atoms with van der Waals surface area (Å²) >= 11 is 0.661. The van der Waals surface area contributed by atoms with E-state index in [9.17, 15) is 18.8 Å². The molecule has 0 aliphatic rings. The molecule has 1 aromatic heterocycles. The fourth-order valence-corrected chi connectivity index (χ4v) is 4.27. The van der Waals surface area contributed by atoms with E-state index in [1.165, 1.54) is 57.7 Å². The first-order valence-corrected chi connectivity index (χ1v) is 11.6. The van der Waals surface area contributed by atoms with E-state index in [1.807, 2.05) is 0 Å². The monoisotopic (exact) mass is 531 g/mol. The first kappa shape index (κ1) is 27.4. The lowest BCUT2D eigenvalue weighted by Crippen LogP contribution is -2.45. The van der Waals surface area contributed by atoms with Gasteiger partial charge in [-0.25, -0.2) is 4.39 Å². The molecule has 0 bridgehead atoms. The van der Waals surface area contributed by atoms with Gasteiger partial charge < -0.3 is 31.0 Å². The normalized spacial score (nSPS) is 11.5. The Labute approximate surface area is 216 Å². The van der Waals surface area contributed by atoms with Crippen LogP contribution >= 0.6 is 11.5 Å². The van der Waals surface area contributed by atoms with Gasteiger partial charge in [0.1, 0.15) is 28.2 Å². The first-order valence-electron chi connectivity index (χ1n) is 10.9. The van der Waals surface area contributed by atoms with Crippen LogP contribution in [0.3, 0.4) is 0 Å². The highest BCUT2D eigenvalue weighted by Crippen LogP contribution is 2.39. The summed E-state index contributed by atoms with van der Waals surface area (Å²) in [5.41, 5.74) is 11.4. The Balaban J connectivity index is 2.25. The van der Waals surface area contributed by atoms with Crippen LogP contribution in [0.5, 0.6) is 11.5 Å². The van der Waals surface area contributed by atoms with Crippen LogP contribution in [0.2, 0.25) is 0 Å². The van der Waals surface area contributed by atoms with Gasteiger partial charge in [0.05, 0.1) is 32.2 Å². The number of nitrogens with zero attached hydrogens (tertiary/aromatic N) is 2. The number of nitrogen functional groups attached to an aromatic ring is 1. The van der Waals surface area contributed by atoms with E-state index in [0.717, 1.165) is 4.90 Å². The van der Waals surface area contributed by atoms with E-state index in [-0.39, 0.29) is 40.8 Å². The lowest BCUT2D eigenvalue weighted by Gasteiger charge is -2.32. The van der Waals surface area contributed by atoms with Crippen molar-refractivity contribution in [3.8, 4) is 11.5 Å². The summed E-state index contributed by atoms with van der Waals surface area (Å²) in [7, 11) is 4.33. The fraction of sp³-hybridized carbons (Fsp3) is 0.250. The van der Waals surface area contributed by atoms with Crippen LogP contribution in [0.4, 0.5) is 15.8 Å². The van der Waals surface area contributed by atoms with Gasteiger partial charge >= 0.3 is 0 Å². The Kier molecular flexibility index (Phi) is 8.98. The molecule has 3 rings (SSSR count). The average molecular weight is 532 g/mol. The van der Waals surface area contributed by atoms with Crippen LogP contribution in [0, 0.1) is 5.82 Å². The predicted molar refractivity (Wildman–Crippen MR) is 135 cm³/mol. The molecule has 5 N–H and O–H groups in total.